The van der Waals surface area contributed by atoms with E-state index in [4.69, 9.17) is 5.73 Å². The molecule has 1 aromatic rings. The van der Waals surface area contributed by atoms with E-state index in [1.54, 1.807) is 0 Å². The quantitative estimate of drug-likeness (QED) is 0.770. The second-order valence-corrected chi connectivity index (χ2v) is 4.61. The Balaban J connectivity index is 2.29. The van der Waals surface area contributed by atoms with Crippen molar-refractivity contribution in [2.75, 3.05) is 18.0 Å². The molecule has 0 saturated carbocycles. The van der Waals surface area contributed by atoms with Crippen molar-refractivity contribution in [2.45, 2.75) is 26.3 Å². The van der Waals surface area contributed by atoms with E-state index in [2.05, 4.69) is 42.2 Å². The SMILES string of the molecule is CC1=CCCN(c2ccccc2[C@@H](C)N)C1. The lowest BCUT2D eigenvalue weighted by Gasteiger charge is -2.31. The van der Waals surface area contributed by atoms with Crippen molar-refractivity contribution >= 4 is 5.69 Å². The van der Waals surface area contributed by atoms with Gasteiger partial charge in [-0.25, -0.2) is 0 Å². The summed E-state index contributed by atoms with van der Waals surface area (Å²) in [6.45, 7) is 6.37. The molecule has 2 heteroatoms. The highest BCUT2D eigenvalue weighted by atomic mass is 15.1. The number of nitrogens with two attached hydrogens (primary N) is 1. The molecule has 0 aromatic heterocycles. The van der Waals surface area contributed by atoms with E-state index in [-0.39, 0.29) is 6.04 Å². The summed E-state index contributed by atoms with van der Waals surface area (Å²) < 4.78 is 0. The average molecular weight is 216 g/mol. The van der Waals surface area contributed by atoms with Crippen LogP contribution in [0.5, 0.6) is 0 Å². The van der Waals surface area contributed by atoms with Gasteiger partial charge in [-0.05, 0) is 31.9 Å². The molecule has 86 valence electrons. The fourth-order valence-corrected chi connectivity index (χ4v) is 2.28. The van der Waals surface area contributed by atoms with Crippen LogP contribution in [0.1, 0.15) is 31.9 Å². The molecule has 1 aliphatic heterocycles. The van der Waals surface area contributed by atoms with Crippen molar-refractivity contribution in [1.29, 1.82) is 0 Å². The van der Waals surface area contributed by atoms with Crippen LogP contribution in [0.25, 0.3) is 0 Å². The maximum absolute atomic E-state index is 6.01. The van der Waals surface area contributed by atoms with E-state index in [1.807, 2.05) is 6.92 Å². The van der Waals surface area contributed by atoms with Crippen molar-refractivity contribution < 1.29 is 0 Å². The number of nitrogens with zero attached hydrogens (tertiary/aromatic N) is 1. The average Bonchev–Trinajstić information content (AvgIpc) is 2.29. The molecule has 0 bridgehead atoms. The van der Waals surface area contributed by atoms with Crippen molar-refractivity contribution in [1.82, 2.24) is 0 Å². The Kier molecular flexibility index (Phi) is 3.30. The van der Waals surface area contributed by atoms with Crippen LogP contribution in [0.15, 0.2) is 35.9 Å². The number of rotatable bonds is 2. The van der Waals surface area contributed by atoms with E-state index in [1.165, 1.54) is 16.8 Å². The van der Waals surface area contributed by atoms with Gasteiger partial charge in [-0.1, -0.05) is 29.8 Å². The van der Waals surface area contributed by atoms with Crippen LogP contribution in [0.2, 0.25) is 0 Å². The third-order valence-corrected chi connectivity index (χ3v) is 3.10. The molecule has 0 spiro atoms. The summed E-state index contributed by atoms with van der Waals surface area (Å²) in [4.78, 5) is 2.42. The lowest BCUT2D eigenvalue weighted by Crippen LogP contribution is -2.30. The van der Waals surface area contributed by atoms with E-state index in [0.717, 1.165) is 19.5 Å². The molecule has 0 radical (unpaired) electrons. The molecule has 2 nitrogen and oxygen atoms in total. The third-order valence-electron chi connectivity index (χ3n) is 3.10. The van der Waals surface area contributed by atoms with Crippen molar-refractivity contribution in [3.8, 4) is 0 Å². The van der Waals surface area contributed by atoms with Gasteiger partial charge in [0, 0.05) is 24.8 Å². The Bertz CT molecular complexity index is 393. The standard InChI is InChI=1S/C14H20N2/c1-11-6-5-9-16(10-11)14-8-4-3-7-13(14)12(2)15/h3-4,6-8,12H,5,9-10,15H2,1-2H3/t12-/m1/s1. The lowest BCUT2D eigenvalue weighted by molar-refractivity contribution is 0.760. The monoisotopic (exact) mass is 216 g/mol. The summed E-state index contributed by atoms with van der Waals surface area (Å²) >= 11 is 0. The summed E-state index contributed by atoms with van der Waals surface area (Å²) in [5, 5.41) is 0. The zero-order valence-electron chi connectivity index (χ0n) is 10.1. The molecule has 1 atom stereocenters. The Morgan fingerprint density at radius 1 is 1.31 bits per heavy atom. The maximum Gasteiger partial charge on any atom is 0.0417 e. The Morgan fingerprint density at radius 3 is 2.75 bits per heavy atom. The molecule has 0 amide bonds. The predicted molar refractivity (Wildman–Crippen MR) is 69.6 cm³/mol. The first-order valence-electron chi connectivity index (χ1n) is 5.93. The second-order valence-electron chi connectivity index (χ2n) is 4.61. The summed E-state index contributed by atoms with van der Waals surface area (Å²) in [7, 11) is 0. The predicted octanol–water partition coefficient (Wildman–Crippen LogP) is 2.86. The van der Waals surface area contributed by atoms with Crippen molar-refractivity contribution in [2.24, 2.45) is 5.73 Å². The van der Waals surface area contributed by atoms with Crippen LogP contribution in [-0.2, 0) is 0 Å². The first kappa shape index (κ1) is 11.2. The van der Waals surface area contributed by atoms with Crippen molar-refractivity contribution in [3.63, 3.8) is 0 Å². The zero-order valence-corrected chi connectivity index (χ0v) is 10.1. The van der Waals surface area contributed by atoms with Crippen molar-refractivity contribution in [3.05, 3.63) is 41.5 Å². The first-order valence-corrected chi connectivity index (χ1v) is 5.93. The highest BCUT2D eigenvalue weighted by molar-refractivity contribution is 5.56. The molecular formula is C14H20N2. The fraction of sp³-hybridized carbons (Fsp3) is 0.429. The van der Waals surface area contributed by atoms with Gasteiger partial charge in [0.1, 0.15) is 0 Å². The van der Waals surface area contributed by atoms with Gasteiger partial charge in [-0.3, -0.25) is 0 Å². The fourth-order valence-electron chi connectivity index (χ4n) is 2.28. The van der Waals surface area contributed by atoms with Crippen LogP contribution in [0.4, 0.5) is 5.69 Å². The van der Waals surface area contributed by atoms with Gasteiger partial charge in [0.05, 0.1) is 0 Å². The number of hydrogen-bond acceptors (Lipinski definition) is 2. The van der Waals surface area contributed by atoms with Crippen LogP contribution < -0.4 is 10.6 Å². The van der Waals surface area contributed by atoms with Crippen LogP contribution >= 0.6 is 0 Å². The summed E-state index contributed by atoms with van der Waals surface area (Å²) in [5.41, 5.74) is 10.0. The Labute approximate surface area is 97.8 Å². The van der Waals surface area contributed by atoms with Gasteiger partial charge in [0.15, 0.2) is 0 Å². The zero-order chi connectivity index (χ0) is 11.5. The summed E-state index contributed by atoms with van der Waals surface area (Å²) in [6, 6.07) is 8.57. The molecule has 2 N–H and O–H groups in total. The number of benzene rings is 1. The molecule has 1 aromatic carbocycles. The largest absolute Gasteiger partial charge is 0.367 e. The van der Waals surface area contributed by atoms with E-state index < -0.39 is 0 Å². The highest BCUT2D eigenvalue weighted by Crippen LogP contribution is 2.27. The molecule has 0 saturated heterocycles. The molecule has 2 rings (SSSR count). The summed E-state index contributed by atoms with van der Waals surface area (Å²) in [6.07, 6.45) is 3.46. The maximum atomic E-state index is 6.01. The minimum atomic E-state index is 0.0995. The van der Waals surface area contributed by atoms with E-state index in [9.17, 15) is 0 Å². The van der Waals surface area contributed by atoms with Gasteiger partial charge in [0.2, 0.25) is 0 Å². The number of para-hydroxylation sites is 1. The third kappa shape index (κ3) is 2.27. The topological polar surface area (TPSA) is 29.3 Å². The molecular weight excluding hydrogens is 196 g/mol. The smallest absolute Gasteiger partial charge is 0.0417 e. The second kappa shape index (κ2) is 4.71. The molecule has 1 aliphatic rings. The normalized spacial score (nSPS) is 18.2. The molecule has 16 heavy (non-hydrogen) atoms. The van der Waals surface area contributed by atoms with Gasteiger partial charge < -0.3 is 10.6 Å². The number of anilines is 1. The van der Waals surface area contributed by atoms with Gasteiger partial charge in [-0.15, -0.1) is 0 Å². The molecule has 0 unspecified atom stereocenters. The van der Waals surface area contributed by atoms with Crippen LogP contribution in [-0.4, -0.2) is 13.1 Å². The molecule has 0 fully saturated rings. The van der Waals surface area contributed by atoms with E-state index in [0.29, 0.717) is 0 Å². The van der Waals surface area contributed by atoms with Gasteiger partial charge in [0.25, 0.3) is 0 Å². The first-order chi connectivity index (χ1) is 7.68. The highest BCUT2D eigenvalue weighted by Gasteiger charge is 2.15. The molecule has 1 heterocycles. The van der Waals surface area contributed by atoms with Gasteiger partial charge in [-0.2, -0.15) is 0 Å². The summed E-state index contributed by atoms with van der Waals surface area (Å²) in [5.74, 6) is 0. The minimum Gasteiger partial charge on any atom is -0.367 e. The van der Waals surface area contributed by atoms with Gasteiger partial charge >= 0.3 is 0 Å². The molecule has 0 aliphatic carbocycles. The Morgan fingerprint density at radius 2 is 2.06 bits per heavy atom. The minimum absolute atomic E-state index is 0.0995. The number of hydrogen-bond donors (Lipinski definition) is 1. The van der Waals surface area contributed by atoms with Crippen LogP contribution in [0.3, 0.4) is 0 Å². The Hall–Kier alpha value is -1.28. The van der Waals surface area contributed by atoms with Crippen LogP contribution in [0, 0.1) is 0 Å². The lowest BCUT2D eigenvalue weighted by atomic mass is 10.0. The van der Waals surface area contributed by atoms with E-state index >= 15 is 0 Å².